The second-order valence-corrected chi connectivity index (χ2v) is 4.79. The highest BCUT2D eigenvalue weighted by Crippen LogP contribution is 2.18. The van der Waals surface area contributed by atoms with Gasteiger partial charge in [0.25, 0.3) is 5.91 Å². The Kier molecular flexibility index (Phi) is 5.71. The molecule has 3 N–H and O–H groups in total. The van der Waals surface area contributed by atoms with Crippen molar-refractivity contribution in [3.8, 4) is 5.75 Å². The standard InChI is InChI=1S/C17H17FN2O3/c1-23-16-4-2-3-15(10-16)19-11-13-7-12(8-14(18)9-13)5-6-17(21)20-22/h2-10,19,22H,11H2,1H3,(H,20,21)/b6-5+. The maximum absolute atomic E-state index is 13.6. The molecule has 0 atom stereocenters. The summed E-state index contributed by atoms with van der Waals surface area (Å²) in [5.41, 5.74) is 3.57. The number of hydrogen-bond acceptors (Lipinski definition) is 4. The second kappa shape index (κ2) is 7.95. The molecule has 6 heteroatoms. The average molecular weight is 316 g/mol. The Bertz CT molecular complexity index is 717. The summed E-state index contributed by atoms with van der Waals surface area (Å²) in [6, 6.07) is 11.9. The van der Waals surface area contributed by atoms with Gasteiger partial charge in [-0.2, -0.15) is 0 Å². The summed E-state index contributed by atoms with van der Waals surface area (Å²) in [7, 11) is 1.59. The van der Waals surface area contributed by atoms with Gasteiger partial charge < -0.3 is 10.1 Å². The van der Waals surface area contributed by atoms with Crippen molar-refractivity contribution < 1.29 is 19.1 Å². The minimum atomic E-state index is -0.676. The van der Waals surface area contributed by atoms with Gasteiger partial charge in [0.15, 0.2) is 0 Å². The number of carbonyl (C=O) groups is 1. The molecule has 0 aliphatic rings. The molecule has 1 amide bonds. The van der Waals surface area contributed by atoms with E-state index in [0.717, 1.165) is 23.1 Å². The summed E-state index contributed by atoms with van der Waals surface area (Å²) >= 11 is 0. The topological polar surface area (TPSA) is 70.6 Å². The molecule has 2 aromatic carbocycles. The lowest BCUT2D eigenvalue weighted by Gasteiger charge is -2.09. The molecule has 120 valence electrons. The number of nitrogens with one attached hydrogen (secondary N) is 2. The molecule has 23 heavy (non-hydrogen) atoms. The van der Waals surface area contributed by atoms with Gasteiger partial charge in [0.05, 0.1) is 7.11 Å². The quantitative estimate of drug-likeness (QED) is 0.435. The highest BCUT2D eigenvalue weighted by Gasteiger charge is 2.01. The molecular formula is C17H17FN2O3. The number of benzene rings is 2. The van der Waals surface area contributed by atoms with Crippen molar-refractivity contribution in [2.45, 2.75) is 6.54 Å². The van der Waals surface area contributed by atoms with Crippen LogP contribution in [0.3, 0.4) is 0 Å². The number of hydrogen-bond donors (Lipinski definition) is 3. The summed E-state index contributed by atoms with van der Waals surface area (Å²) in [6.45, 7) is 0.415. The Balaban J connectivity index is 2.09. The van der Waals surface area contributed by atoms with Crippen LogP contribution in [0.15, 0.2) is 48.5 Å². The first-order valence-electron chi connectivity index (χ1n) is 6.90. The number of methoxy groups -OCH3 is 1. The van der Waals surface area contributed by atoms with Crippen LogP contribution in [0.25, 0.3) is 6.08 Å². The van der Waals surface area contributed by atoms with Crippen molar-refractivity contribution in [3.63, 3.8) is 0 Å². The van der Waals surface area contributed by atoms with Crippen LogP contribution in [0.2, 0.25) is 0 Å². The maximum atomic E-state index is 13.6. The normalized spacial score (nSPS) is 10.6. The first kappa shape index (κ1) is 16.5. The fourth-order valence-corrected chi connectivity index (χ4v) is 2.02. The molecule has 0 aliphatic heterocycles. The van der Waals surface area contributed by atoms with E-state index in [2.05, 4.69) is 5.32 Å². The summed E-state index contributed by atoms with van der Waals surface area (Å²) in [5, 5.41) is 11.6. The summed E-state index contributed by atoms with van der Waals surface area (Å²) in [6.07, 6.45) is 2.54. The highest BCUT2D eigenvalue weighted by atomic mass is 19.1. The zero-order valence-corrected chi connectivity index (χ0v) is 12.5. The fourth-order valence-electron chi connectivity index (χ4n) is 2.02. The molecule has 0 radical (unpaired) electrons. The van der Waals surface area contributed by atoms with Crippen LogP contribution in [0.4, 0.5) is 10.1 Å². The average Bonchev–Trinajstić information content (AvgIpc) is 2.57. The van der Waals surface area contributed by atoms with Gasteiger partial charge in [-0.1, -0.05) is 6.07 Å². The molecule has 0 unspecified atom stereocenters. The Morgan fingerprint density at radius 1 is 1.30 bits per heavy atom. The van der Waals surface area contributed by atoms with Crippen molar-refractivity contribution in [3.05, 3.63) is 65.5 Å². The van der Waals surface area contributed by atoms with Gasteiger partial charge in [-0.3, -0.25) is 10.0 Å². The predicted molar refractivity (Wildman–Crippen MR) is 85.7 cm³/mol. The molecule has 2 aromatic rings. The van der Waals surface area contributed by atoms with Crippen LogP contribution in [0, 0.1) is 5.82 Å². The first-order chi connectivity index (χ1) is 11.1. The van der Waals surface area contributed by atoms with E-state index < -0.39 is 11.7 Å². The molecule has 0 bridgehead atoms. The van der Waals surface area contributed by atoms with Crippen LogP contribution < -0.4 is 15.5 Å². The molecule has 0 spiro atoms. The number of hydroxylamine groups is 1. The monoisotopic (exact) mass is 316 g/mol. The van der Waals surface area contributed by atoms with E-state index in [1.807, 2.05) is 24.3 Å². The molecule has 0 saturated heterocycles. The molecule has 5 nitrogen and oxygen atoms in total. The van der Waals surface area contributed by atoms with Gasteiger partial charge in [0.1, 0.15) is 11.6 Å². The number of halogens is 1. The van der Waals surface area contributed by atoms with Gasteiger partial charge in [-0.25, -0.2) is 9.87 Å². The van der Waals surface area contributed by atoms with Crippen LogP contribution in [0.5, 0.6) is 5.75 Å². The van der Waals surface area contributed by atoms with Gasteiger partial charge >= 0.3 is 0 Å². The molecular weight excluding hydrogens is 299 g/mol. The number of anilines is 1. The van der Waals surface area contributed by atoms with E-state index in [1.54, 1.807) is 13.2 Å². The van der Waals surface area contributed by atoms with Crippen molar-refractivity contribution >= 4 is 17.7 Å². The van der Waals surface area contributed by atoms with E-state index >= 15 is 0 Å². The third kappa shape index (κ3) is 5.12. The molecule has 0 aliphatic carbocycles. The van der Waals surface area contributed by atoms with Crippen molar-refractivity contribution in [2.75, 3.05) is 12.4 Å². The Morgan fingerprint density at radius 3 is 2.87 bits per heavy atom. The smallest absolute Gasteiger partial charge is 0.267 e. The van der Waals surface area contributed by atoms with E-state index in [1.165, 1.54) is 23.7 Å². The maximum Gasteiger partial charge on any atom is 0.267 e. The van der Waals surface area contributed by atoms with E-state index in [9.17, 15) is 9.18 Å². The molecule has 0 heterocycles. The minimum Gasteiger partial charge on any atom is -0.497 e. The lowest BCUT2D eigenvalue weighted by molar-refractivity contribution is -0.124. The summed E-state index contributed by atoms with van der Waals surface area (Å²) in [4.78, 5) is 11.0. The van der Waals surface area contributed by atoms with Gasteiger partial charge in [0.2, 0.25) is 0 Å². The zero-order chi connectivity index (χ0) is 16.7. The Hall–Kier alpha value is -2.86. The van der Waals surface area contributed by atoms with Crippen molar-refractivity contribution in [2.24, 2.45) is 0 Å². The third-order valence-corrected chi connectivity index (χ3v) is 3.08. The lowest BCUT2D eigenvalue weighted by Crippen LogP contribution is -2.14. The van der Waals surface area contributed by atoms with E-state index in [4.69, 9.17) is 9.94 Å². The van der Waals surface area contributed by atoms with E-state index in [0.29, 0.717) is 12.1 Å². The summed E-state index contributed by atoms with van der Waals surface area (Å²) < 4.78 is 18.8. The van der Waals surface area contributed by atoms with Crippen LogP contribution in [0.1, 0.15) is 11.1 Å². The van der Waals surface area contributed by atoms with Crippen LogP contribution >= 0.6 is 0 Å². The summed E-state index contributed by atoms with van der Waals surface area (Å²) in [5.74, 6) is -0.350. The van der Waals surface area contributed by atoms with Crippen LogP contribution in [-0.2, 0) is 11.3 Å². The zero-order valence-electron chi connectivity index (χ0n) is 12.5. The first-order valence-corrected chi connectivity index (χ1v) is 6.90. The van der Waals surface area contributed by atoms with Crippen molar-refractivity contribution in [1.82, 2.24) is 5.48 Å². The number of rotatable bonds is 6. The van der Waals surface area contributed by atoms with Crippen LogP contribution in [-0.4, -0.2) is 18.2 Å². The Morgan fingerprint density at radius 2 is 2.13 bits per heavy atom. The SMILES string of the molecule is COc1cccc(NCc2cc(F)cc(/C=C/C(=O)NO)c2)c1. The molecule has 2 rings (SSSR count). The molecule has 0 fully saturated rings. The minimum absolute atomic E-state index is 0.404. The van der Waals surface area contributed by atoms with Crippen molar-refractivity contribution in [1.29, 1.82) is 0 Å². The van der Waals surface area contributed by atoms with E-state index in [-0.39, 0.29) is 0 Å². The molecule has 0 saturated carbocycles. The van der Waals surface area contributed by atoms with Gasteiger partial charge in [0, 0.05) is 24.4 Å². The largest absolute Gasteiger partial charge is 0.497 e. The van der Waals surface area contributed by atoms with Gasteiger partial charge in [-0.15, -0.1) is 0 Å². The number of carbonyl (C=O) groups excluding carboxylic acids is 1. The predicted octanol–water partition coefficient (Wildman–Crippen LogP) is 2.96. The lowest BCUT2D eigenvalue weighted by atomic mass is 10.1. The second-order valence-electron chi connectivity index (χ2n) is 4.79. The highest BCUT2D eigenvalue weighted by molar-refractivity contribution is 5.90. The third-order valence-electron chi connectivity index (χ3n) is 3.08. The molecule has 0 aromatic heterocycles. The fraction of sp³-hybridized carbons (Fsp3) is 0.118. The Labute approximate surface area is 133 Å². The van der Waals surface area contributed by atoms with Gasteiger partial charge in [-0.05, 0) is 47.5 Å². The number of ether oxygens (including phenoxy) is 1. The number of amides is 1.